The van der Waals surface area contributed by atoms with Crippen LogP contribution in [-0.4, -0.2) is 18.1 Å². The van der Waals surface area contributed by atoms with Crippen LogP contribution >= 0.6 is 15.9 Å². The molecule has 0 amide bonds. The highest BCUT2D eigenvalue weighted by molar-refractivity contribution is 9.10. The van der Waals surface area contributed by atoms with Gasteiger partial charge in [-0.1, -0.05) is 0 Å². The van der Waals surface area contributed by atoms with Crippen LogP contribution in [0.1, 0.15) is 18.4 Å². The third kappa shape index (κ3) is 2.45. The number of hydrogen-bond donors (Lipinski definition) is 0. The lowest BCUT2D eigenvalue weighted by Crippen LogP contribution is -2.14. The number of nitrogens with zero attached hydrogens (tertiary/aromatic N) is 1. The summed E-state index contributed by atoms with van der Waals surface area (Å²) in [4.78, 5) is 15.4. The minimum Gasteiger partial charge on any atom is -0.469 e. The Morgan fingerprint density at radius 3 is 2.74 bits per heavy atom. The van der Waals surface area contributed by atoms with Gasteiger partial charge >= 0.3 is 5.97 Å². The number of ether oxygens (including phenoxy) is 1. The van der Waals surface area contributed by atoms with E-state index in [1.807, 2.05) is 0 Å². The number of fused-ring (bicyclic) bond motifs is 1. The average molecular weight is 330 g/mol. The standard InChI is InChI=1S/C13H10BrF2NO2/c1-6(13(18)19-2)11-9(15)4-10-8(12(11)16)3-7(14)5-17-10/h3-6H,1-2H3/t6-/m1/s1. The van der Waals surface area contributed by atoms with Crippen LogP contribution < -0.4 is 0 Å². The first kappa shape index (κ1) is 13.9. The van der Waals surface area contributed by atoms with Crippen LogP contribution in [0.5, 0.6) is 0 Å². The van der Waals surface area contributed by atoms with Crippen LogP contribution in [0.4, 0.5) is 8.78 Å². The van der Waals surface area contributed by atoms with Gasteiger partial charge in [-0.3, -0.25) is 9.78 Å². The molecule has 19 heavy (non-hydrogen) atoms. The van der Waals surface area contributed by atoms with Gasteiger partial charge in [0.15, 0.2) is 0 Å². The number of carbonyl (C=O) groups is 1. The monoisotopic (exact) mass is 329 g/mol. The molecule has 1 aromatic heterocycles. The molecule has 0 fully saturated rings. The van der Waals surface area contributed by atoms with Gasteiger partial charge in [0.05, 0.1) is 18.5 Å². The van der Waals surface area contributed by atoms with Crippen molar-refractivity contribution >= 4 is 32.8 Å². The summed E-state index contributed by atoms with van der Waals surface area (Å²) in [5.41, 5.74) is -0.113. The molecular formula is C13H10BrF2NO2. The number of rotatable bonds is 2. The smallest absolute Gasteiger partial charge is 0.313 e. The second-order valence-electron chi connectivity index (χ2n) is 4.05. The van der Waals surface area contributed by atoms with Gasteiger partial charge in [-0.2, -0.15) is 0 Å². The third-order valence-corrected chi connectivity index (χ3v) is 3.30. The van der Waals surface area contributed by atoms with Crippen LogP contribution in [0.3, 0.4) is 0 Å². The molecule has 0 aliphatic rings. The number of benzene rings is 1. The molecule has 0 unspecified atom stereocenters. The Morgan fingerprint density at radius 1 is 1.42 bits per heavy atom. The second-order valence-corrected chi connectivity index (χ2v) is 4.97. The maximum absolute atomic E-state index is 14.3. The van der Waals surface area contributed by atoms with Crippen LogP contribution in [0.15, 0.2) is 22.8 Å². The van der Waals surface area contributed by atoms with Crippen molar-refractivity contribution in [1.82, 2.24) is 4.98 Å². The number of esters is 1. The lowest BCUT2D eigenvalue weighted by molar-refractivity contribution is -0.142. The first-order valence-electron chi connectivity index (χ1n) is 5.46. The molecule has 6 heteroatoms. The van der Waals surface area contributed by atoms with Crippen molar-refractivity contribution in [3.63, 3.8) is 0 Å². The zero-order chi connectivity index (χ0) is 14.2. The molecule has 0 saturated carbocycles. The molecule has 1 heterocycles. The van der Waals surface area contributed by atoms with E-state index in [2.05, 4.69) is 25.7 Å². The molecule has 1 atom stereocenters. The van der Waals surface area contributed by atoms with Crippen molar-refractivity contribution in [3.05, 3.63) is 40.0 Å². The second kappa shape index (κ2) is 5.21. The quantitative estimate of drug-likeness (QED) is 0.791. The van der Waals surface area contributed by atoms with Crippen molar-refractivity contribution < 1.29 is 18.3 Å². The highest BCUT2D eigenvalue weighted by Gasteiger charge is 2.25. The predicted molar refractivity (Wildman–Crippen MR) is 69.8 cm³/mol. The molecule has 0 spiro atoms. The van der Waals surface area contributed by atoms with Crippen LogP contribution in [0.25, 0.3) is 10.9 Å². The summed E-state index contributed by atoms with van der Waals surface area (Å²) in [5, 5.41) is 0.154. The van der Waals surface area contributed by atoms with E-state index in [1.54, 1.807) is 0 Å². The van der Waals surface area contributed by atoms with E-state index in [0.717, 1.165) is 6.07 Å². The van der Waals surface area contributed by atoms with Gasteiger partial charge in [-0.25, -0.2) is 8.78 Å². The molecule has 3 nitrogen and oxygen atoms in total. The highest BCUT2D eigenvalue weighted by Crippen LogP contribution is 2.30. The van der Waals surface area contributed by atoms with Crippen LogP contribution in [0, 0.1) is 11.6 Å². The summed E-state index contributed by atoms with van der Waals surface area (Å²) in [6, 6.07) is 2.60. The Morgan fingerprint density at radius 2 is 2.11 bits per heavy atom. The maximum atomic E-state index is 14.3. The molecule has 2 aromatic rings. The number of halogens is 3. The van der Waals surface area contributed by atoms with Gasteiger partial charge < -0.3 is 4.74 Å². The Hall–Kier alpha value is -1.56. The van der Waals surface area contributed by atoms with E-state index in [1.165, 1.54) is 26.3 Å². The van der Waals surface area contributed by atoms with Gasteiger partial charge in [0, 0.05) is 27.7 Å². The summed E-state index contributed by atoms with van der Waals surface area (Å²) in [6.07, 6.45) is 1.45. The lowest BCUT2D eigenvalue weighted by Gasteiger charge is -2.13. The van der Waals surface area contributed by atoms with Crippen molar-refractivity contribution in [2.45, 2.75) is 12.8 Å². The molecule has 0 aliphatic carbocycles. The first-order valence-corrected chi connectivity index (χ1v) is 6.26. The fourth-order valence-electron chi connectivity index (χ4n) is 1.88. The molecule has 1 aromatic carbocycles. The number of hydrogen-bond acceptors (Lipinski definition) is 3. The molecule has 0 aliphatic heterocycles. The Labute approximate surface area is 116 Å². The number of aromatic nitrogens is 1. The summed E-state index contributed by atoms with van der Waals surface area (Å²) in [6.45, 7) is 1.39. The van der Waals surface area contributed by atoms with E-state index >= 15 is 0 Å². The van der Waals surface area contributed by atoms with Gasteiger partial charge in [-0.05, 0) is 28.9 Å². The van der Waals surface area contributed by atoms with Crippen LogP contribution in [0.2, 0.25) is 0 Å². The number of pyridine rings is 1. The van der Waals surface area contributed by atoms with Gasteiger partial charge in [-0.15, -0.1) is 0 Å². The van der Waals surface area contributed by atoms with E-state index in [0.29, 0.717) is 4.47 Å². The summed E-state index contributed by atoms with van der Waals surface area (Å²) in [5.74, 6) is -3.31. The van der Waals surface area contributed by atoms with E-state index in [4.69, 9.17) is 0 Å². The van der Waals surface area contributed by atoms with Gasteiger partial charge in [0.1, 0.15) is 11.6 Å². The number of carbonyl (C=O) groups excluding carboxylic acids is 1. The van der Waals surface area contributed by atoms with Gasteiger partial charge in [0.2, 0.25) is 0 Å². The Kier molecular flexibility index (Phi) is 3.80. The minimum absolute atomic E-state index is 0.154. The number of methoxy groups -OCH3 is 1. The van der Waals surface area contributed by atoms with Crippen molar-refractivity contribution in [3.8, 4) is 0 Å². The highest BCUT2D eigenvalue weighted by atomic mass is 79.9. The predicted octanol–water partition coefficient (Wildman–Crippen LogP) is 3.55. The Bertz CT molecular complexity index is 661. The van der Waals surface area contributed by atoms with Crippen molar-refractivity contribution in [1.29, 1.82) is 0 Å². The molecule has 2 rings (SSSR count). The van der Waals surface area contributed by atoms with Crippen molar-refractivity contribution in [2.24, 2.45) is 0 Å². The SMILES string of the molecule is COC(=O)[C@H](C)c1c(F)cc2ncc(Br)cc2c1F. The molecule has 0 saturated heterocycles. The fourth-order valence-corrected chi connectivity index (χ4v) is 2.21. The third-order valence-electron chi connectivity index (χ3n) is 2.87. The Balaban J connectivity index is 2.71. The fraction of sp³-hybridized carbons (Fsp3) is 0.231. The average Bonchev–Trinajstić information content (AvgIpc) is 2.38. The lowest BCUT2D eigenvalue weighted by atomic mass is 9.97. The molecule has 0 radical (unpaired) electrons. The van der Waals surface area contributed by atoms with E-state index in [-0.39, 0.29) is 16.5 Å². The van der Waals surface area contributed by atoms with Crippen molar-refractivity contribution in [2.75, 3.05) is 7.11 Å². The largest absolute Gasteiger partial charge is 0.469 e. The first-order chi connectivity index (χ1) is 8.95. The van der Waals surface area contributed by atoms with Crippen LogP contribution in [-0.2, 0) is 9.53 Å². The molecule has 0 bridgehead atoms. The topological polar surface area (TPSA) is 39.2 Å². The van der Waals surface area contributed by atoms with Gasteiger partial charge in [0.25, 0.3) is 0 Å². The van der Waals surface area contributed by atoms with E-state index in [9.17, 15) is 13.6 Å². The molecular weight excluding hydrogens is 320 g/mol. The minimum atomic E-state index is -1.02. The van der Waals surface area contributed by atoms with E-state index < -0.39 is 23.5 Å². The zero-order valence-corrected chi connectivity index (χ0v) is 11.8. The summed E-state index contributed by atoms with van der Waals surface area (Å²) < 4.78 is 33.4. The summed E-state index contributed by atoms with van der Waals surface area (Å²) in [7, 11) is 1.17. The molecule has 100 valence electrons. The summed E-state index contributed by atoms with van der Waals surface area (Å²) >= 11 is 3.17. The molecule has 0 N–H and O–H groups in total. The zero-order valence-electron chi connectivity index (χ0n) is 10.2. The normalized spacial score (nSPS) is 12.5. The maximum Gasteiger partial charge on any atom is 0.313 e.